The van der Waals surface area contributed by atoms with Crippen molar-refractivity contribution >= 4 is 23.4 Å². The highest BCUT2D eigenvalue weighted by molar-refractivity contribution is 6.18. The average molecular weight is 221 g/mol. The zero-order valence-corrected chi connectivity index (χ0v) is 9.36. The first-order chi connectivity index (χ1) is 6.56. The Hall–Kier alpha value is -0.770. The standard InChI is InChI=1S/C9H17ClN2O2/c1-7(2)5-11-9(14)6-12-8(13)3-4-10/h7H,3-6H2,1-2H3,(H,11,14)(H,12,13). The first kappa shape index (κ1) is 13.2. The molecule has 0 fully saturated rings. The number of halogens is 1. The van der Waals surface area contributed by atoms with E-state index < -0.39 is 0 Å². The van der Waals surface area contributed by atoms with Crippen molar-refractivity contribution in [2.24, 2.45) is 5.92 Å². The maximum atomic E-state index is 11.1. The summed E-state index contributed by atoms with van der Waals surface area (Å²) in [6, 6.07) is 0. The molecule has 14 heavy (non-hydrogen) atoms. The van der Waals surface area contributed by atoms with Gasteiger partial charge in [-0.3, -0.25) is 9.59 Å². The third-order valence-electron chi connectivity index (χ3n) is 1.48. The first-order valence-corrected chi connectivity index (χ1v) is 5.19. The molecule has 4 nitrogen and oxygen atoms in total. The Kier molecular flexibility index (Phi) is 7.20. The first-order valence-electron chi connectivity index (χ1n) is 4.65. The molecule has 0 saturated heterocycles. The van der Waals surface area contributed by atoms with E-state index in [1.54, 1.807) is 0 Å². The van der Waals surface area contributed by atoms with Gasteiger partial charge in [-0.25, -0.2) is 0 Å². The van der Waals surface area contributed by atoms with Crippen LogP contribution in [0.5, 0.6) is 0 Å². The highest BCUT2D eigenvalue weighted by Gasteiger charge is 2.04. The van der Waals surface area contributed by atoms with Gasteiger partial charge in [0.05, 0.1) is 6.54 Å². The number of hydrogen-bond donors (Lipinski definition) is 2. The molecule has 0 heterocycles. The summed E-state index contributed by atoms with van der Waals surface area (Å²) in [6.07, 6.45) is 0.249. The molecule has 0 rings (SSSR count). The van der Waals surface area contributed by atoms with Crippen LogP contribution in [-0.4, -0.2) is 30.8 Å². The van der Waals surface area contributed by atoms with Crippen molar-refractivity contribution < 1.29 is 9.59 Å². The molecule has 82 valence electrons. The highest BCUT2D eigenvalue weighted by atomic mass is 35.5. The Morgan fingerprint density at radius 3 is 2.36 bits per heavy atom. The van der Waals surface area contributed by atoms with Crippen LogP contribution in [0.25, 0.3) is 0 Å². The minimum Gasteiger partial charge on any atom is -0.354 e. The monoisotopic (exact) mass is 220 g/mol. The van der Waals surface area contributed by atoms with Crippen molar-refractivity contribution in [2.75, 3.05) is 19.0 Å². The number of carbonyl (C=O) groups excluding carboxylic acids is 2. The molecule has 0 spiro atoms. The quantitative estimate of drug-likeness (QED) is 0.641. The van der Waals surface area contributed by atoms with Crippen LogP contribution in [-0.2, 0) is 9.59 Å². The van der Waals surface area contributed by atoms with E-state index in [0.717, 1.165) is 0 Å². The van der Waals surface area contributed by atoms with Crippen LogP contribution < -0.4 is 10.6 Å². The fraction of sp³-hybridized carbons (Fsp3) is 0.778. The largest absolute Gasteiger partial charge is 0.354 e. The van der Waals surface area contributed by atoms with Gasteiger partial charge < -0.3 is 10.6 Å². The highest BCUT2D eigenvalue weighted by Crippen LogP contribution is 1.86. The molecule has 0 radical (unpaired) electrons. The number of hydrogen-bond acceptors (Lipinski definition) is 2. The van der Waals surface area contributed by atoms with Crippen molar-refractivity contribution in [2.45, 2.75) is 20.3 Å². The SMILES string of the molecule is CC(C)CNC(=O)CNC(=O)CCCl. The normalized spacial score (nSPS) is 10.0. The lowest BCUT2D eigenvalue weighted by Crippen LogP contribution is -2.38. The average Bonchev–Trinajstić information content (AvgIpc) is 2.12. The number of nitrogens with one attached hydrogen (secondary N) is 2. The Morgan fingerprint density at radius 1 is 1.21 bits per heavy atom. The Labute approximate surface area is 89.4 Å². The minimum absolute atomic E-state index is 0.0302. The number of rotatable bonds is 6. The van der Waals surface area contributed by atoms with Crippen molar-refractivity contribution in [1.29, 1.82) is 0 Å². The van der Waals surface area contributed by atoms with Gasteiger partial charge in [0.25, 0.3) is 0 Å². The van der Waals surface area contributed by atoms with Gasteiger partial charge in [-0.1, -0.05) is 13.8 Å². The fourth-order valence-electron chi connectivity index (χ4n) is 0.734. The van der Waals surface area contributed by atoms with E-state index in [9.17, 15) is 9.59 Å². The van der Waals surface area contributed by atoms with Gasteiger partial charge in [0.15, 0.2) is 0 Å². The summed E-state index contributed by atoms with van der Waals surface area (Å²) >= 11 is 5.35. The van der Waals surface area contributed by atoms with E-state index in [4.69, 9.17) is 11.6 Å². The Morgan fingerprint density at radius 2 is 1.86 bits per heavy atom. The van der Waals surface area contributed by atoms with Crippen molar-refractivity contribution in [3.63, 3.8) is 0 Å². The number of carbonyl (C=O) groups is 2. The van der Waals surface area contributed by atoms with E-state index >= 15 is 0 Å². The molecule has 0 aliphatic rings. The lowest BCUT2D eigenvalue weighted by molar-refractivity contribution is -0.125. The van der Waals surface area contributed by atoms with Crippen molar-refractivity contribution in [3.8, 4) is 0 Å². The third-order valence-corrected chi connectivity index (χ3v) is 1.66. The topological polar surface area (TPSA) is 58.2 Å². The molecule has 0 aromatic carbocycles. The molecule has 0 unspecified atom stereocenters. The molecule has 0 aliphatic heterocycles. The van der Waals surface area contributed by atoms with Gasteiger partial charge in [0.2, 0.25) is 11.8 Å². The smallest absolute Gasteiger partial charge is 0.239 e. The second-order valence-corrected chi connectivity index (χ2v) is 3.79. The summed E-state index contributed by atoms with van der Waals surface area (Å²) in [7, 11) is 0. The summed E-state index contributed by atoms with van der Waals surface area (Å²) in [4.78, 5) is 22.0. The van der Waals surface area contributed by atoms with Crippen molar-refractivity contribution in [1.82, 2.24) is 10.6 Å². The van der Waals surface area contributed by atoms with Gasteiger partial charge >= 0.3 is 0 Å². The van der Waals surface area contributed by atoms with Gasteiger partial charge in [-0.05, 0) is 5.92 Å². The fourth-order valence-corrected chi connectivity index (χ4v) is 0.905. The zero-order chi connectivity index (χ0) is 11.0. The molecular weight excluding hydrogens is 204 g/mol. The Balaban J connectivity index is 3.48. The molecule has 0 aromatic heterocycles. The lowest BCUT2D eigenvalue weighted by atomic mass is 10.2. The number of alkyl halides is 1. The summed E-state index contributed by atoms with van der Waals surface area (Å²) in [6.45, 7) is 4.67. The predicted molar refractivity (Wildman–Crippen MR) is 56.2 cm³/mol. The van der Waals surface area contributed by atoms with Crippen LogP contribution in [0.3, 0.4) is 0 Å². The number of amides is 2. The maximum Gasteiger partial charge on any atom is 0.239 e. The van der Waals surface area contributed by atoms with E-state index in [1.165, 1.54) is 0 Å². The second kappa shape index (κ2) is 7.62. The van der Waals surface area contributed by atoms with Crippen LogP contribution in [0.2, 0.25) is 0 Å². The molecule has 0 saturated carbocycles. The van der Waals surface area contributed by atoms with Crippen LogP contribution in [0.15, 0.2) is 0 Å². The molecule has 0 aromatic rings. The van der Waals surface area contributed by atoms with Crippen LogP contribution in [0.1, 0.15) is 20.3 Å². The van der Waals surface area contributed by atoms with Gasteiger partial charge in [0, 0.05) is 18.8 Å². The van der Waals surface area contributed by atoms with Gasteiger partial charge in [0.1, 0.15) is 0 Å². The molecule has 2 amide bonds. The van der Waals surface area contributed by atoms with E-state index in [1.807, 2.05) is 13.8 Å². The van der Waals surface area contributed by atoms with Gasteiger partial charge in [-0.2, -0.15) is 0 Å². The third kappa shape index (κ3) is 7.86. The zero-order valence-electron chi connectivity index (χ0n) is 8.60. The summed E-state index contributed by atoms with van der Waals surface area (Å²) in [5, 5.41) is 5.16. The molecule has 2 N–H and O–H groups in total. The van der Waals surface area contributed by atoms with Crippen LogP contribution >= 0.6 is 11.6 Å². The summed E-state index contributed by atoms with van der Waals surface area (Å²) in [5.74, 6) is 0.332. The van der Waals surface area contributed by atoms with Gasteiger partial charge in [-0.15, -0.1) is 11.6 Å². The van der Waals surface area contributed by atoms with E-state index in [0.29, 0.717) is 12.5 Å². The Bertz CT molecular complexity index is 195. The second-order valence-electron chi connectivity index (χ2n) is 3.41. The molecular formula is C9H17ClN2O2. The molecule has 5 heteroatoms. The summed E-state index contributed by atoms with van der Waals surface area (Å²) in [5.41, 5.74) is 0. The maximum absolute atomic E-state index is 11.1. The van der Waals surface area contributed by atoms with E-state index in [-0.39, 0.29) is 30.7 Å². The molecule has 0 aliphatic carbocycles. The van der Waals surface area contributed by atoms with E-state index in [2.05, 4.69) is 10.6 Å². The summed E-state index contributed by atoms with van der Waals surface area (Å²) < 4.78 is 0. The predicted octanol–water partition coefficient (Wildman–Crippen LogP) is 0.504. The molecule has 0 bridgehead atoms. The lowest BCUT2D eigenvalue weighted by Gasteiger charge is -2.08. The minimum atomic E-state index is -0.195. The molecule has 0 atom stereocenters. The van der Waals surface area contributed by atoms with Crippen LogP contribution in [0, 0.1) is 5.92 Å². The van der Waals surface area contributed by atoms with Crippen molar-refractivity contribution in [3.05, 3.63) is 0 Å². The van der Waals surface area contributed by atoms with Crippen LogP contribution in [0.4, 0.5) is 0 Å².